The summed E-state index contributed by atoms with van der Waals surface area (Å²) in [6, 6.07) is 7.53. The minimum atomic E-state index is -1.93. The predicted molar refractivity (Wildman–Crippen MR) is 139 cm³/mol. The van der Waals surface area contributed by atoms with E-state index >= 15 is 0 Å². The zero-order valence-corrected chi connectivity index (χ0v) is 21.9. The Morgan fingerprint density at radius 3 is 2.17 bits per heavy atom. The second-order valence-electron chi connectivity index (χ2n) is 10.1. The number of hydrogen-bond acceptors (Lipinski definition) is 15. The highest BCUT2D eigenvalue weighted by molar-refractivity contribution is 5.87. The summed E-state index contributed by atoms with van der Waals surface area (Å²) in [5.41, 5.74) is -0.928. The van der Waals surface area contributed by atoms with Gasteiger partial charge < -0.3 is 69.3 Å². The number of phenols is 3. The topological polar surface area (TPSA) is 249 Å². The molecule has 2 aliphatic rings. The Labute approximate surface area is 236 Å². The number of aliphatic hydroxyl groups excluding tert-OH is 6. The first-order chi connectivity index (χ1) is 19.9. The van der Waals surface area contributed by atoms with E-state index in [1.165, 1.54) is 31.2 Å². The van der Waals surface area contributed by atoms with Gasteiger partial charge in [0.1, 0.15) is 59.4 Å². The smallest absolute Gasteiger partial charge is 0.239 e. The van der Waals surface area contributed by atoms with Crippen molar-refractivity contribution in [1.82, 2.24) is 0 Å². The fourth-order valence-corrected chi connectivity index (χ4v) is 4.78. The molecule has 0 radical (unpaired) electrons. The molecule has 15 nitrogen and oxygen atoms in total. The molecule has 228 valence electrons. The molecule has 5 rings (SSSR count). The van der Waals surface area contributed by atoms with Crippen LogP contribution in [0.2, 0.25) is 0 Å². The van der Waals surface area contributed by atoms with Crippen molar-refractivity contribution in [1.29, 1.82) is 0 Å². The molecule has 2 fully saturated rings. The molecule has 3 aromatic rings. The van der Waals surface area contributed by atoms with Gasteiger partial charge in [0.2, 0.25) is 17.5 Å². The standard InChI is InChI=1S/C27H30O15/c1-9-17(31)20(34)22(36)26(39-9)38-8-15-18(32)21(35)23(37)27(41-15)42-25-19(33)16-12(29)3-2-4-14(16)40-24(25)10-5-6-11(28)13(30)7-10/h2-7,9,15,17-18,20-23,26-32,34-37H,8H2,1H3/t9-,15+,17-,18+,20+,21-,22+,23+,26+,27-/m0/s1. The first-order valence-corrected chi connectivity index (χ1v) is 12.9. The minimum absolute atomic E-state index is 0.0479. The summed E-state index contributed by atoms with van der Waals surface area (Å²) >= 11 is 0. The maximum atomic E-state index is 13.5. The van der Waals surface area contributed by atoms with E-state index in [9.17, 15) is 50.8 Å². The van der Waals surface area contributed by atoms with Gasteiger partial charge in [0, 0.05) is 5.56 Å². The van der Waals surface area contributed by atoms with Gasteiger partial charge in [0.05, 0.1) is 12.7 Å². The quantitative estimate of drug-likeness (QED) is 0.149. The molecule has 0 saturated carbocycles. The lowest BCUT2D eigenvalue weighted by molar-refractivity contribution is -0.318. The summed E-state index contributed by atoms with van der Waals surface area (Å²) in [7, 11) is 0. The van der Waals surface area contributed by atoms with Crippen LogP contribution in [0.1, 0.15) is 6.92 Å². The lowest BCUT2D eigenvalue weighted by atomic mass is 9.98. The van der Waals surface area contributed by atoms with Gasteiger partial charge in [-0.2, -0.15) is 0 Å². The van der Waals surface area contributed by atoms with E-state index in [1.54, 1.807) is 0 Å². The van der Waals surface area contributed by atoms with E-state index in [1.807, 2.05) is 0 Å². The average molecular weight is 595 g/mol. The van der Waals surface area contributed by atoms with Crippen LogP contribution >= 0.6 is 0 Å². The Balaban J connectivity index is 1.46. The van der Waals surface area contributed by atoms with E-state index in [2.05, 4.69) is 0 Å². The normalized spacial score (nSPS) is 33.5. The highest BCUT2D eigenvalue weighted by Crippen LogP contribution is 2.38. The molecule has 0 unspecified atom stereocenters. The van der Waals surface area contributed by atoms with Gasteiger partial charge >= 0.3 is 0 Å². The van der Waals surface area contributed by atoms with E-state index in [0.717, 1.165) is 12.1 Å². The molecular formula is C27H30O15. The van der Waals surface area contributed by atoms with Crippen molar-refractivity contribution >= 4 is 11.0 Å². The summed E-state index contributed by atoms with van der Waals surface area (Å²) < 4.78 is 28.0. The summed E-state index contributed by atoms with van der Waals surface area (Å²) in [4.78, 5) is 13.5. The van der Waals surface area contributed by atoms with Crippen LogP contribution < -0.4 is 10.2 Å². The average Bonchev–Trinajstić information content (AvgIpc) is 2.96. The molecule has 2 saturated heterocycles. The van der Waals surface area contributed by atoms with Gasteiger partial charge in [-0.15, -0.1) is 0 Å². The maximum absolute atomic E-state index is 13.5. The Bertz CT molecular complexity index is 1490. The predicted octanol–water partition coefficient (Wildman–Crippen LogP) is -1.39. The molecule has 9 N–H and O–H groups in total. The van der Waals surface area contributed by atoms with E-state index in [4.69, 9.17) is 23.4 Å². The third-order valence-electron chi connectivity index (χ3n) is 7.23. The number of rotatable bonds is 6. The van der Waals surface area contributed by atoms with Crippen LogP contribution in [-0.4, -0.2) is 114 Å². The number of aromatic hydroxyl groups is 3. The zero-order chi connectivity index (χ0) is 30.5. The van der Waals surface area contributed by atoms with Crippen molar-refractivity contribution in [2.75, 3.05) is 6.61 Å². The van der Waals surface area contributed by atoms with E-state index < -0.39 is 96.4 Å². The zero-order valence-electron chi connectivity index (χ0n) is 21.9. The fourth-order valence-electron chi connectivity index (χ4n) is 4.78. The molecule has 2 aliphatic heterocycles. The Morgan fingerprint density at radius 2 is 1.45 bits per heavy atom. The minimum Gasteiger partial charge on any atom is -0.507 e. The van der Waals surface area contributed by atoms with E-state index in [0.29, 0.717) is 0 Å². The van der Waals surface area contributed by atoms with Crippen molar-refractivity contribution in [3.05, 3.63) is 46.6 Å². The number of fused-ring (bicyclic) bond motifs is 1. The second kappa shape index (κ2) is 11.6. The van der Waals surface area contributed by atoms with Crippen LogP contribution in [0.25, 0.3) is 22.3 Å². The number of hydrogen-bond donors (Lipinski definition) is 9. The fraction of sp³-hybridized carbons (Fsp3) is 0.444. The monoisotopic (exact) mass is 594 g/mol. The third-order valence-corrected chi connectivity index (χ3v) is 7.23. The van der Waals surface area contributed by atoms with Crippen LogP contribution in [0, 0.1) is 0 Å². The molecule has 0 spiro atoms. The van der Waals surface area contributed by atoms with Gasteiger partial charge in [-0.05, 0) is 37.3 Å². The molecule has 10 atom stereocenters. The molecule has 3 heterocycles. The summed E-state index contributed by atoms with van der Waals surface area (Å²) in [6.45, 7) is 0.859. The molecule has 0 amide bonds. The van der Waals surface area contributed by atoms with Crippen molar-refractivity contribution in [2.24, 2.45) is 0 Å². The summed E-state index contributed by atoms with van der Waals surface area (Å²) in [5.74, 6) is -2.38. The van der Waals surface area contributed by atoms with Crippen LogP contribution in [0.4, 0.5) is 0 Å². The van der Waals surface area contributed by atoms with Crippen LogP contribution in [0.15, 0.2) is 45.6 Å². The summed E-state index contributed by atoms with van der Waals surface area (Å²) in [6.07, 6.45) is -15.9. The Morgan fingerprint density at radius 1 is 0.762 bits per heavy atom. The highest BCUT2D eigenvalue weighted by Gasteiger charge is 2.47. The number of aliphatic hydroxyl groups is 6. The Hall–Kier alpha value is -3.51. The van der Waals surface area contributed by atoms with Crippen LogP contribution in [-0.2, 0) is 14.2 Å². The molecule has 42 heavy (non-hydrogen) atoms. The van der Waals surface area contributed by atoms with Gasteiger partial charge in [-0.25, -0.2) is 0 Å². The Kier molecular flexibility index (Phi) is 8.30. The number of ether oxygens (including phenoxy) is 4. The highest BCUT2D eigenvalue weighted by atomic mass is 16.7. The van der Waals surface area contributed by atoms with Gasteiger partial charge in [-0.1, -0.05) is 6.07 Å². The van der Waals surface area contributed by atoms with E-state index in [-0.39, 0.29) is 22.3 Å². The largest absolute Gasteiger partial charge is 0.507 e. The molecule has 15 heteroatoms. The third kappa shape index (κ3) is 5.37. The first kappa shape index (κ1) is 30.0. The molecule has 0 aliphatic carbocycles. The number of phenolic OH excluding ortho intramolecular Hbond substituents is 3. The van der Waals surface area contributed by atoms with Crippen molar-refractivity contribution in [3.63, 3.8) is 0 Å². The molecule has 2 aromatic carbocycles. The molecule has 1 aromatic heterocycles. The molecular weight excluding hydrogens is 564 g/mol. The van der Waals surface area contributed by atoms with Crippen molar-refractivity contribution < 1.29 is 69.3 Å². The lowest BCUT2D eigenvalue weighted by Gasteiger charge is -2.42. The maximum Gasteiger partial charge on any atom is 0.239 e. The van der Waals surface area contributed by atoms with Crippen molar-refractivity contribution in [3.8, 4) is 34.3 Å². The van der Waals surface area contributed by atoms with Crippen molar-refractivity contribution in [2.45, 2.75) is 68.3 Å². The van der Waals surface area contributed by atoms with Gasteiger partial charge in [0.25, 0.3) is 0 Å². The van der Waals surface area contributed by atoms with Gasteiger partial charge in [-0.3, -0.25) is 4.79 Å². The SMILES string of the molecule is C[C@@H]1O[C@@H](OC[C@H]2O[C@@H](Oc3c(-c4ccc(O)c(O)c4)oc4cccc(O)c4c3=O)[C@H](O)[C@@H](O)[C@@H]2O)[C@H](O)[C@H](O)[C@H]1O. The van der Waals surface area contributed by atoms with Crippen LogP contribution in [0.5, 0.6) is 23.0 Å². The lowest BCUT2D eigenvalue weighted by Crippen LogP contribution is -2.61. The first-order valence-electron chi connectivity index (χ1n) is 12.9. The second-order valence-corrected chi connectivity index (χ2v) is 10.1. The van der Waals surface area contributed by atoms with Gasteiger partial charge in [0.15, 0.2) is 23.5 Å². The molecule has 0 bridgehead atoms. The summed E-state index contributed by atoms with van der Waals surface area (Å²) in [5, 5.41) is 91.6. The van der Waals surface area contributed by atoms with Crippen LogP contribution in [0.3, 0.4) is 0 Å². The number of benzene rings is 2.